The van der Waals surface area contributed by atoms with Crippen molar-refractivity contribution in [1.29, 1.82) is 0 Å². The maximum Gasteiger partial charge on any atom is 0.413 e. The molecule has 1 saturated heterocycles. The van der Waals surface area contributed by atoms with E-state index < -0.39 is 6.09 Å². The average molecular weight is 334 g/mol. The summed E-state index contributed by atoms with van der Waals surface area (Å²) in [6.07, 6.45) is -0.435. The average Bonchev–Trinajstić information content (AvgIpc) is 2.90. The molecule has 1 fully saturated rings. The summed E-state index contributed by atoms with van der Waals surface area (Å²) in [4.78, 5) is 20.9. The van der Waals surface area contributed by atoms with Crippen molar-refractivity contribution in [3.63, 3.8) is 0 Å². The first-order valence-corrected chi connectivity index (χ1v) is 8.64. The molecule has 0 saturated carbocycles. The minimum atomic E-state index is -0.435. The minimum absolute atomic E-state index is 0.402. The third-order valence-electron chi connectivity index (χ3n) is 3.99. The van der Waals surface area contributed by atoms with Gasteiger partial charge in [0.2, 0.25) is 0 Å². The van der Waals surface area contributed by atoms with Crippen LogP contribution in [-0.2, 0) is 4.74 Å². The first-order valence-electron chi connectivity index (χ1n) is 7.82. The lowest BCUT2D eigenvalue weighted by atomic mass is 10.2. The van der Waals surface area contributed by atoms with Crippen molar-refractivity contribution in [3.8, 4) is 0 Å². The Kier molecular flexibility index (Phi) is 5.09. The van der Waals surface area contributed by atoms with Crippen LogP contribution in [0.4, 0.5) is 9.93 Å². The van der Waals surface area contributed by atoms with Gasteiger partial charge in [-0.3, -0.25) is 10.2 Å². The first kappa shape index (κ1) is 16.2. The van der Waals surface area contributed by atoms with Gasteiger partial charge >= 0.3 is 6.09 Å². The Labute approximate surface area is 140 Å². The normalized spacial score (nSPS) is 16.6. The monoisotopic (exact) mass is 334 g/mol. The summed E-state index contributed by atoms with van der Waals surface area (Å²) in [7, 11) is 2.13. The van der Waals surface area contributed by atoms with Crippen LogP contribution in [0.15, 0.2) is 18.2 Å². The maximum absolute atomic E-state index is 11.9. The van der Waals surface area contributed by atoms with Gasteiger partial charge in [-0.2, -0.15) is 0 Å². The van der Waals surface area contributed by atoms with E-state index in [1.165, 1.54) is 16.9 Å². The van der Waals surface area contributed by atoms with Crippen molar-refractivity contribution in [2.75, 3.05) is 51.7 Å². The highest BCUT2D eigenvalue weighted by molar-refractivity contribution is 7.22. The molecule has 2 aromatic rings. The van der Waals surface area contributed by atoms with Gasteiger partial charge in [-0.1, -0.05) is 17.4 Å². The summed E-state index contributed by atoms with van der Waals surface area (Å²) in [6, 6.07) is 6.04. The summed E-state index contributed by atoms with van der Waals surface area (Å²) in [5.41, 5.74) is 2.08. The smallest absolute Gasteiger partial charge is 0.413 e. The lowest BCUT2D eigenvalue weighted by molar-refractivity contribution is 0.111. The maximum atomic E-state index is 11.9. The third kappa shape index (κ3) is 4.40. The third-order valence-corrected chi connectivity index (χ3v) is 4.92. The Morgan fingerprint density at radius 2 is 2.13 bits per heavy atom. The molecular weight excluding hydrogens is 312 g/mol. The Balaban J connectivity index is 1.45. The van der Waals surface area contributed by atoms with E-state index in [-0.39, 0.29) is 0 Å². The Bertz CT molecular complexity index is 680. The van der Waals surface area contributed by atoms with Crippen LogP contribution < -0.4 is 5.32 Å². The zero-order chi connectivity index (χ0) is 16.2. The summed E-state index contributed by atoms with van der Waals surface area (Å²) in [6.45, 7) is 7.41. The number of anilines is 1. The Morgan fingerprint density at radius 1 is 1.35 bits per heavy atom. The van der Waals surface area contributed by atoms with Crippen LogP contribution in [0.5, 0.6) is 0 Å². The van der Waals surface area contributed by atoms with Gasteiger partial charge < -0.3 is 9.64 Å². The molecule has 1 N–H and O–H groups in total. The molecule has 3 rings (SSSR count). The molecule has 0 bridgehead atoms. The van der Waals surface area contributed by atoms with Gasteiger partial charge in [-0.15, -0.1) is 0 Å². The van der Waals surface area contributed by atoms with E-state index in [2.05, 4.69) is 33.2 Å². The largest absolute Gasteiger partial charge is 0.448 e. The van der Waals surface area contributed by atoms with Gasteiger partial charge in [0.25, 0.3) is 0 Å². The van der Waals surface area contributed by atoms with Gasteiger partial charge in [0.05, 0.1) is 10.2 Å². The number of piperazine rings is 1. The molecule has 7 heteroatoms. The molecule has 0 aliphatic carbocycles. The van der Waals surface area contributed by atoms with Crippen LogP contribution in [0, 0.1) is 6.92 Å². The molecule has 6 nitrogen and oxygen atoms in total. The number of amides is 1. The fraction of sp³-hybridized carbons (Fsp3) is 0.500. The van der Waals surface area contributed by atoms with Crippen molar-refractivity contribution >= 4 is 32.8 Å². The molecule has 0 unspecified atom stereocenters. The van der Waals surface area contributed by atoms with E-state index in [0.717, 1.165) is 42.9 Å². The number of likely N-dealkylation sites (N-methyl/N-ethyl adjacent to an activating group) is 1. The Morgan fingerprint density at radius 3 is 2.91 bits per heavy atom. The molecular formula is C16H22N4O2S. The number of carbonyl (C=O) groups is 1. The number of hydrogen-bond acceptors (Lipinski definition) is 6. The van der Waals surface area contributed by atoms with Crippen LogP contribution in [0.2, 0.25) is 0 Å². The number of carbonyl (C=O) groups excluding carboxylic acids is 1. The van der Waals surface area contributed by atoms with Crippen molar-refractivity contribution in [2.24, 2.45) is 0 Å². The van der Waals surface area contributed by atoms with Crippen molar-refractivity contribution < 1.29 is 9.53 Å². The summed E-state index contributed by atoms with van der Waals surface area (Å²) in [5.74, 6) is 0. The molecule has 0 atom stereocenters. The first-order chi connectivity index (χ1) is 11.1. The van der Waals surface area contributed by atoms with E-state index in [0.29, 0.717) is 11.7 Å². The summed E-state index contributed by atoms with van der Waals surface area (Å²) < 4.78 is 6.32. The second-order valence-corrected chi connectivity index (χ2v) is 6.93. The van der Waals surface area contributed by atoms with Crippen LogP contribution in [0.3, 0.4) is 0 Å². The highest BCUT2D eigenvalue weighted by atomic mass is 32.1. The minimum Gasteiger partial charge on any atom is -0.448 e. The molecule has 124 valence electrons. The van der Waals surface area contributed by atoms with Crippen LogP contribution in [-0.4, -0.2) is 67.3 Å². The van der Waals surface area contributed by atoms with E-state index in [9.17, 15) is 4.79 Å². The number of nitrogens with zero attached hydrogens (tertiary/aromatic N) is 3. The van der Waals surface area contributed by atoms with Gasteiger partial charge in [0, 0.05) is 32.7 Å². The molecule has 1 aliphatic heterocycles. The number of rotatable bonds is 4. The van der Waals surface area contributed by atoms with Crippen LogP contribution in [0.25, 0.3) is 10.2 Å². The number of hydrogen-bond donors (Lipinski definition) is 1. The molecule has 1 amide bonds. The molecule has 1 aromatic heterocycles. The number of nitrogens with one attached hydrogen (secondary N) is 1. The van der Waals surface area contributed by atoms with Gasteiger partial charge in [-0.25, -0.2) is 9.78 Å². The lowest BCUT2D eigenvalue weighted by Gasteiger charge is -2.31. The highest BCUT2D eigenvalue weighted by Gasteiger charge is 2.14. The lowest BCUT2D eigenvalue weighted by Crippen LogP contribution is -2.45. The number of aryl methyl sites for hydroxylation is 1. The number of benzene rings is 1. The number of fused-ring (bicyclic) bond motifs is 1. The van der Waals surface area contributed by atoms with E-state index in [1.807, 2.05) is 19.1 Å². The summed E-state index contributed by atoms with van der Waals surface area (Å²) >= 11 is 1.46. The van der Waals surface area contributed by atoms with Gasteiger partial charge in [0.1, 0.15) is 6.61 Å². The fourth-order valence-corrected chi connectivity index (χ4v) is 3.50. The fourth-order valence-electron chi connectivity index (χ4n) is 2.55. The van der Waals surface area contributed by atoms with E-state index >= 15 is 0 Å². The number of aromatic nitrogens is 1. The van der Waals surface area contributed by atoms with Gasteiger partial charge in [-0.05, 0) is 31.7 Å². The molecule has 1 aromatic carbocycles. The van der Waals surface area contributed by atoms with E-state index in [4.69, 9.17) is 4.74 Å². The standard InChI is InChI=1S/C16H22N4O2S/c1-12-3-4-13-14(11-12)23-15(17-13)18-16(21)22-10-9-20-7-5-19(2)6-8-20/h3-4,11H,5-10H2,1-2H3,(H,17,18,21). The topological polar surface area (TPSA) is 57.7 Å². The molecule has 0 spiro atoms. The van der Waals surface area contributed by atoms with Crippen LogP contribution in [0.1, 0.15) is 5.56 Å². The van der Waals surface area contributed by atoms with Gasteiger partial charge in [0.15, 0.2) is 5.13 Å². The molecule has 0 radical (unpaired) electrons. The molecule has 1 aliphatic rings. The number of ether oxygens (including phenoxy) is 1. The quantitative estimate of drug-likeness (QED) is 0.930. The van der Waals surface area contributed by atoms with Crippen molar-refractivity contribution in [3.05, 3.63) is 23.8 Å². The van der Waals surface area contributed by atoms with Crippen LogP contribution >= 0.6 is 11.3 Å². The highest BCUT2D eigenvalue weighted by Crippen LogP contribution is 2.26. The van der Waals surface area contributed by atoms with E-state index in [1.54, 1.807) is 0 Å². The second kappa shape index (κ2) is 7.25. The Hall–Kier alpha value is -1.70. The van der Waals surface area contributed by atoms with Crippen molar-refractivity contribution in [1.82, 2.24) is 14.8 Å². The van der Waals surface area contributed by atoms with Crippen molar-refractivity contribution in [2.45, 2.75) is 6.92 Å². The zero-order valence-electron chi connectivity index (χ0n) is 13.5. The predicted molar refractivity (Wildman–Crippen MR) is 93.3 cm³/mol. The number of thiazole rings is 1. The zero-order valence-corrected chi connectivity index (χ0v) is 14.4. The summed E-state index contributed by atoms with van der Waals surface area (Å²) in [5, 5.41) is 3.29. The SMILES string of the molecule is Cc1ccc2nc(NC(=O)OCCN3CCN(C)CC3)sc2c1. The molecule has 23 heavy (non-hydrogen) atoms. The predicted octanol–water partition coefficient (Wildman–Crippen LogP) is 2.40. The second-order valence-electron chi connectivity index (χ2n) is 5.90. The molecule has 2 heterocycles.